The largest absolute Gasteiger partial charge is 0.361 e. The van der Waals surface area contributed by atoms with Gasteiger partial charge in [-0.15, -0.1) is 0 Å². The molecule has 1 atom stereocenters. The molecule has 2 amide bonds. The third-order valence-corrected chi connectivity index (χ3v) is 3.41. The van der Waals surface area contributed by atoms with Crippen molar-refractivity contribution in [3.05, 3.63) is 36.0 Å². The minimum atomic E-state index is -0.416. The number of hydrogen-bond acceptors (Lipinski definition) is 2. The number of fused-ring (bicyclic) bond motifs is 1. The summed E-state index contributed by atoms with van der Waals surface area (Å²) in [7, 11) is 0. The fraction of sp³-hybridized carbons (Fsp3) is 0.286. The molecule has 1 aromatic carbocycles. The number of H-pyrrole nitrogens is 1. The summed E-state index contributed by atoms with van der Waals surface area (Å²) in [6.45, 7) is 0.694. The molecule has 5 heteroatoms. The van der Waals surface area contributed by atoms with E-state index in [0.29, 0.717) is 18.5 Å². The van der Waals surface area contributed by atoms with Gasteiger partial charge in [-0.25, -0.2) is 0 Å². The van der Waals surface area contributed by atoms with Crippen LogP contribution in [0.25, 0.3) is 10.9 Å². The van der Waals surface area contributed by atoms with Crippen LogP contribution in [0.15, 0.2) is 30.5 Å². The van der Waals surface area contributed by atoms with E-state index in [1.165, 1.54) is 0 Å². The van der Waals surface area contributed by atoms with Crippen molar-refractivity contribution in [3.63, 3.8) is 0 Å². The summed E-state index contributed by atoms with van der Waals surface area (Å²) in [6, 6.07) is 6.99. The lowest BCUT2D eigenvalue weighted by Crippen LogP contribution is -2.50. The molecule has 5 nitrogen and oxygen atoms in total. The molecule has 1 saturated heterocycles. The van der Waals surface area contributed by atoms with E-state index >= 15 is 0 Å². The Hall–Kier alpha value is -2.30. The molecule has 0 aliphatic carbocycles. The minimum absolute atomic E-state index is 0.0967. The zero-order valence-electron chi connectivity index (χ0n) is 10.4. The molecule has 0 radical (unpaired) electrons. The van der Waals surface area contributed by atoms with Crippen molar-refractivity contribution in [2.45, 2.75) is 18.9 Å². The van der Waals surface area contributed by atoms with Crippen molar-refractivity contribution in [2.75, 3.05) is 6.54 Å². The monoisotopic (exact) mass is 257 g/mol. The van der Waals surface area contributed by atoms with Crippen LogP contribution in [0, 0.1) is 0 Å². The quantitative estimate of drug-likeness (QED) is 0.755. The van der Waals surface area contributed by atoms with Crippen LogP contribution >= 0.6 is 0 Å². The van der Waals surface area contributed by atoms with Gasteiger partial charge < -0.3 is 15.6 Å². The minimum Gasteiger partial charge on any atom is -0.361 e. The molecule has 19 heavy (non-hydrogen) atoms. The molecule has 0 bridgehead atoms. The number of hydrogen-bond donors (Lipinski definition) is 3. The molecule has 2 heterocycles. The molecule has 3 rings (SSSR count). The van der Waals surface area contributed by atoms with Gasteiger partial charge in [-0.1, -0.05) is 6.07 Å². The number of aromatic amines is 1. The molecule has 1 unspecified atom stereocenters. The Morgan fingerprint density at radius 2 is 2.21 bits per heavy atom. The van der Waals surface area contributed by atoms with Gasteiger partial charge in [-0.05, 0) is 36.4 Å². The summed E-state index contributed by atoms with van der Waals surface area (Å²) in [6.07, 6.45) is 3.43. The smallest absolute Gasteiger partial charge is 0.252 e. The Balaban J connectivity index is 1.77. The van der Waals surface area contributed by atoms with E-state index in [4.69, 9.17) is 0 Å². The molecule has 0 spiro atoms. The molecule has 0 saturated carbocycles. The molecular formula is C14H15N3O2. The molecular weight excluding hydrogens is 242 g/mol. The second kappa shape index (κ2) is 4.76. The predicted molar refractivity (Wildman–Crippen MR) is 71.8 cm³/mol. The Bertz CT molecular complexity index is 632. The number of piperidine rings is 1. The lowest BCUT2D eigenvalue weighted by Gasteiger charge is -2.22. The Labute approximate surface area is 110 Å². The van der Waals surface area contributed by atoms with Gasteiger partial charge in [0, 0.05) is 23.8 Å². The van der Waals surface area contributed by atoms with E-state index in [1.807, 2.05) is 18.3 Å². The van der Waals surface area contributed by atoms with Crippen LogP contribution in [0.1, 0.15) is 23.2 Å². The van der Waals surface area contributed by atoms with Crippen LogP contribution in [0.3, 0.4) is 0 Å². The predicted octanol–water partition coefficient (Wildman–Crippen LogP) is 1.18. The van der Waals surface area contributed by atoms with E-state index in [1.54, 1.807) is 12.1 Å². The van der Waals surface area contributed by atoms with Crippen LogP contribution in [0.5, 0.6) is 0 Å². The van der Waals surface area contributed by atoms with Crippen molar-refractivity contribution >= 4 is 22.7 Å². The molecule has 2 aromatic rings. The van der Waals surface area contributed by atoms with Crippen molar-refractivity contribution in [1.82, 2.24) is 15.6 Å². The first-order chi connectivity index (χ1) is 9.24. The van der Waals surface area contributed by atoms with Crippen LogP contribution in [-0.2, 0) is 4.79 Å². The van der Waals surface area contributed by atoms with Gasteiger partial charge in [0.1, 0.15) is 6.04 Å². The second-order valence-corrected chi connectivity index (χ2v) is 4.74. The number of aromatic nitrogens is 1. The summed E-state index contributed by atoms with van der Waals surface area (Å²) < 4.78 is 0. The molecule has 1 aliphatic rings. The topological polar surface area (TPSA) is 74.0 Å². The summed E-state index contributed by atoms with van der Waals surface area (Å²) in [4.78, 5) is 26.8. The van der Waals surface area contributed by atoms with E-state index < -0.39 is 6.04 Å². The van der Waals surface area contributed by atoms with Gasteiger partial charge in [0.15, 0.2) is 0 Å². The highest BCUT2D eigenvalue weighted by Gasteiger charge is 2.23. The van der Waals surface area contributed by atoms with Crippen LogP contribution < -0.4 is 10.6 Å². The molecule has 1 aromatic heterocycles. The number of nitrogens with one attached hydrogen (secondary N) is 3. The van der Waals surface area contributed by atoms with Gasteiger partial charge >= 0.3 is 0 Å². The zero-order chi connectivity index (χ0) is 13.2. The van der Waals surface area contributed by atoms with Gasteiger partial charge in [-0.3, -0.25) is 9.59 Å². The maximum atomic E-state index is 12.1. The summed E-state index contributed by atoms with van der Waals surface area (Å²) in [5, 5.41) is 6.59. The first-order valence-electron chi connectivity index (χ1n) is 6.40. The summed E-state index contributed by atoms with van der Waals surface area (Å²) >= 11 is 0. The highest BCUT2D eigenvalue weighted by molar-refractivity contribution is 6.00. The fourth-order valence-electron chi connectivity index (χ4n) is 2.34. The number of rotatable bonds is 2. The fourth-order valence-corrected chi connectivity index (χ4v) is 2.34. The van der Waals surface area contributed by atoms with Gasteiger partial charge in [0.05, 0.1) is 0 Å². The van der Waals surface area contributed by atoms with Crippen molar-refractivity contribution < 1.29 is 9.59 Å². The summed E-state index contributed by atoms with van der Waals surface area (Å²) in [5.74, 6) is -0.306. The van der Waals surface area contributed by atoms with Crippen LogP contribution in [0.4, 0.5) is 0 Å². The molecule has 1 fully saturated rings. The van der Waals surface area contributed by atoms with E-state index in [2.05, 4.69) is 15.6 Å². The van der Waals surface area contributed by atoms with Gasteiger partial charge in [-0.2, -0.15) is 0 Å². The number of carbonyl (C=O) groups is 2. The van der Waals surface area contributed by atoms with Crippen LogP contribution in [0.2, 0.25) is 0 Å². The van der Waals surface area contributed by atoms with E-state index in [9.17, 15) is 9.59 Å². The van der Waals surface area contributed by atoms with Gasteiger partial charge in [0.2, 0.25) is 5.91 Å². The lowest BCUT2D eigenvalue weighted by atomic mass is 10.1. The van der Waals surface area contributed by atoms with E-state index in [0.717, 1.165) is 17.3 Å². The van der Waals surface area contributed by atoms with Crippen molar-refractivity contribution in [2.24, 2.45) is 0 Å². The molecule has 3 N–H and O–H groups in total. The summed E-state index contributed by atoms with van der Waals surface area (Å²) in [5.41, 5.74) is 1.48. The average molecular weight is 257 g/mol. The Kier molecular flexibility index (Phi) is 2.95. The maximum absolute atomic E-state index is 12.1. The van der Waals surface area contributed by atoms with E-state index in [-0.39, 0.29) is 11.8 Å². The van der Waals surface area contributed by atoms with Crippen molar-refractivity contribution in [1.29, 1.82) is 0 Å². The maximum Gasteiger partial charge on any atom is 0.252 e. The standard InChI is InChI=1S/C14H15N3O2/c18-13(17-11-2-1-6-16-14(11)19)10-4-3-9-5-7-15-12(9)8-10/h3-5,7-8,11,15H,1-2,6H2,(H,16,19)(H,17,18). The third kappa shape index (κ3) is 2.31. The average Bonchev–Trinajstić information content (AvgIpc) is 2.88. The first kappa shape index (κ1) is 11.8. The number of benzene rings is 1. The molecule has 1 aliphatic heterocycles. The van der Waals surface area contributed by atoms with Crippen LogP contribution in [-0.4, -0.2) is 29.4 Å². The SMILES string of the molecule is O=C(NC1CCCNC1=O)c1ccc2cc[nH]c2c1. The normalized spacial score (nSPS) is 19.2. The lowest BCUT2D eigenvalue weighted by molar-refractivity contribution is -0.124. The second-order valence-electron chi connectivity index (χ2n) is 4.74. The Morgan fingerprint density at radius 3 is 3.05 bits per heavy atom. The zero-order valence-corrected chi connectivity index (χ0v) is 10.4. The highest BCUT2D eigenvalue weighted by Crippen LogP contribution is 2.14. The Morgan fingerprint density at radius 1 is 1.32 bits per heavy atom. The number of carbonyl (C=O) groups excluding carboxylic acids is 2. The van der Waals surface area contributed by atoms with Crippen molar-refractivity contribution in [3.8, 4) is 0 Å². The molecule has 98 valence electrons. The number of amides is 2. The first-order valence-corrected chi connectivity index (χ1v) is 6.40. The highest BCUT2D eigenvalue weighted by atomic mass is 16.2. The third-order valence-electron chi connectivity index (χ3n) is 3.41. The van der Waals surface area contributed by atoms with Gasteiger partial charge in [0.25, 0.3) is 5.91 Å².